The minimum Gasteiger partial charge on any atom is -0.444 e. The SMILES string of the molecule is COC(CNC(CNC(=O)OC(C)(C)C)C1CCCCC1)OC. The highest BCUT2D eigenvalue weighted by Crippen LogP contribution is 2.26. The van der Waals surface area contributed by atoms with E-state index in [1.807, 2.05) is 20.8 Å². The van der Waals surface area contributed by atoms with E-state index in [1.54, 1.807) is 14.2 Å². The number of carbonyl (C=O) groups excluding carboxylic acids is 1. The number of ether oxygens (including phenoxy) is 3. The monoisotopic (exact) mass is 330 g/mol. The van der Waals surface area contributed by atoms with E-state index in [9.17, 15) is 4.79 Å². The molecular weight excluding hydrogens is 296 g/mol. The lowest BCUT2D eigenvalue weighted by molar-refractivity contribution is -0.101. The van der Waals surface area contributed by atoms with Crippen LogP contribution in [0.25, 0.3) is 0 Å². The number of nitrogens with one attached hydrogen (secondary N) is 2. The van der Waals surface area contributed by atoms with Gasteiger partial charge >= 0.3 is 6.09 Å². The number of rotatable bonds is 8. The molecule has 1 atom stereocenters. The van der Waals surface area contributed by atoms with Gasteiger partial charge in [0, 0.05) is 33.4 Å². The maximum absolute atomic E-state index is 11.9. The average molecular weight is 330 g/mol. The first-order valence-corrected chi connectivity index (χ1v) is 8.61. The second-order valence-corrected chi connectivity index (χ2v) is 7.20. The number of carbonyl (C=O) groups is 1. The van der Waals surface area contributed by atoms with Crippen molar-refractivity contribution in [2.45, 2.75) is 70.8 Å². The van der Waals surface area contributed by atoms with Crippen molar-refractivity contribution >= 4 is 6.09 Å². The van der Waals surface area contributed by atoms with E-state index < -0.39 is 5.60 Å². The highest BCUT2D eigenvalue weighted by molar-refractivity contribution is 5.67. The molecule has 1 rings (SSSR count). The van der Waals surface area contributed by atoms with E-state index in [-0.39, 0.29) is 18.4 Å². The fraction of sp³-hybridized carbons (Fsp3) is 0.941. The van der Waals surface area contributed by atoms with Crippen LogP contribution in [-0.2, 0) is 14.2 Å². The maximum atomic E-state index is 11.9. The normalized spacial score (nSPS) is 18.0. The molecule has 0 saturated heterocycles. The predicted octanol–water partition coefficient (Wildman–Crippen LogP) is 2.67. The number of hydrogen-bond acceptors (Lipinski definition) is 5. The molecule has 1 saturated carbocycles. The molecule has 0 bridgehead atoms. The summed E-state index contributed by atoms with van der Waals surface area (Å²) in [4.78, 5) is 11.9. The molecule has 0 aliphatic heterocycles. The van der Waals surface area contributed by atoms with Crippen LogP contribution in [0.2, 0.25) is 0 Å². The molecule has 0 spiro atoms. The third-order valence-corrected chi connectivity index (χ3v) is 4.16. The van der Waals surface area contributed by atoms with Gasteiger partial charge in [-0.3, -0.25) is 0 Å². The molecule has 0 aromatic carbocycles. The summed E-state index contributed by atoms with van der Waals surface area (Å²) in [6.45, 7) is 6.76. The lowest BCUT2D eigenvalue weighted by Gasteiger charge is -2.32. The van der Waals surface area contributed by atoms with Crippen molar-refractivity contribution in [3.05, 3.63) is 0 Å². The summed E-state index contributed by atoms with van der Waals surface area (Å²) in [7, 11) is 3.26. The van der Waals surface area contributed by atoms with Crippen LogP contribution in [0.15, 0.2) is 0 Å². The Hall–Kier alpha value is -0.850. The van der Waals surface area contributed by atoms with Gasteiger partial charge in [0.1, 0.15) is 5.60 Å². The number of methoxy groups -OCH3 is 2. The highest BCUT2D eigenvalue weighted by atomic mass is 16.7. The molecule has 1 aliphatic rings. The van der Waals surface area contributed by atoms with E-state index in [0.717, 1.165) is 0 Å². The molecule has 0 aromatic heterocycles. The van der Waals surface area contributed by atoms with Gasteiger partial charge in [0.05, 0.1) is 0 Å². The van der Waals surface area contributed by atoms with Crippen LogP contribution in [0.1, 0.15) is 52.9 Å². The number of hydrogen-bond donors (Lipinski definition) is 2. The second-order valence-electron chi connectivity index (χ2n) is 7.20. The summed E-state index contributed by atoms with van der Waals surface area (Å²) in [6.07, 6.45) is 5.57. The summed E-state index contributed by atoms with van der Waals surface area (Å²) < 4.78 is 15.8. The van der Waals surface area contributed by atoms with Crippen LogP contribution < -0.4 is 10.6 Å². The molecule has 1 amide bonds. The molecule has 1 unspecified atom stereocenters. The third kappa shape index (κ3) is 8.53. The highest BCUT2D eigenvalue weighted by Gasteiger charge is 2.25. The van der Waals surface area contributed by atoms with Crippen molar-refractivity contribution in [2.75, 3.05) is 27.3 Å². The zero-order valence-corrected chi connectivity index (χ0v) is 15.3. The van der Waals surface area contributed by atoms with Crippen molar-refractivity contribution < 1.29 is 19.0 Å². The van der Waals surface area contributed by atoms with Gasteiger partial charge in [-0.2, -0.15) is 0 Å². The van der Waals surface area contributed by atoms with Gasteiger partial charge in [-0.15, -0.1) is 0 Å². The van der Waals surface area contributed by atoms with Crippen molar-refractivity contribution in [1.82, 2.24) is 10.6 Å². The first-order valence-electron chi connectivity index (χ1n) is 8.61. The van der Waals surface area contributed by atoms with E-state index >= 15 is 0 Å². The largest absolute Gasteiger partial charge is 0.444 e. The van der Waals surface area contributed by atoms with Gasteiger partial charge in [-0.25, -0.2) is 4.79 Å². The first-order chi connectivity index (χ1) is 10.9. The Labute approximate surface area is 140 Å². The summed E-state index contributed by atoms with van der Waals surface area (Å²) in [5.41, 5.74) is -0.477. The Morgan fingerprint density at radius 2 is 1.70 bits per heavy atom. The van der Waals surface area contributed by atoms with Gasteiger partial charge in [0.15, 0.2) is 6.29 Å². The van der Waals surface area contributed by atoms with Gasteiger partial charge < -0.3 is 24.8 Å². The molecule has 6 heteroatoms. The number of alkyl carbamates (subject to hydrolysis) is 1. The van der Waals surface area contributed by atoms with E-state index in [0.29, 0.717) is 19.0 Å². The maximum Gasteiger partial charge on any atom is 0.407 e. The quantitative estimate of drug-likeness (QED) is 0.670. The fourth-order valence-corrected chi connectivity index (χ4v) is 2.96. The van der Waals surface area contributed by atoms with Crippen LogP contribution in [0.4, 0.5) is 4.79 Å². The van der Waals surface area contributed by atoms with Crippen LogP contribution in [0.5, 0.6) is 0 Å². The summed E-state index contributed by atoms with van der Waals surface area (Å²) in [5, 5.41) is 6.38. The Balaban J connectivity index is 2.51. The predicted molar refractivity (Wildman–Crippen MR) is 90.4 cm³/mol. The summed E-state index contributed by atoms with van der Waals surface area (Å²) in [5.74, 6) is 0.563. The van der Waals surface area contributed by atoms with Crippen molar-refractivity contribution in [1.29, 1.82) is 0 Å². The lowest BCUT2D eigenvalue weighted by atomic mass is 9.84. The Morgan fingerprint density at radius 1 is 1.09 bits per heavy atom. The van der Waals surface area contributed by atoms with E-state index in [2.05, 4.69) is 10.6 Å². The van der Waals surface area contributed by atoms with Crippen LogP contribution in [-0.4, -0.2) is 51.3 Å². The molecule has 2 N–H and O–H groups in total. The third-order valence-electron chi connectivity index (χ3n) is 4.16. The topological polar surface area (TPSA) is 68.8 Å². The molecule has 23 heavy (non-hydrogen) atoms. The minimum absolute atomic E-state index is 0.204. The van der Waals surface area contributed by atoms with Crippen molar-refractivity contribution in [3.8, 4) is 0 Å². The van der Waals surface area contributed by atoms with Gasteiger partial charge in [0.25, 0.3) is 0 Å². The van der Waals surface area contributed by atoms with Crippen LogP contribution in [0.3, 0.4) is 0 Å². The van der Waals surface area contributed by atoms with Crippen molar-refractivity contribution in [3.63, 3.8) is 0 Å². The molecule has 1 fully saturated rings. The van der Waals surface area contributed by atoms with E-state index in [4.69, 9.17) is 14.2 Å². The Morgan fingerprint density at radius 3 is 2.22 bits per heavy atom. The van der Waals surface area contributed by atoms with Crippen LogP contribution >= 0.6 is 0 Å². The number of amides is 1. The lowest BCUT2D eigenvalue weighted by Crippen LogP contribution is -2.49. The molecule has 6 nitrogen and oxygen atoms in total. The first kappa shape index (κ1) is 20.2. The van der Waals surface area contributed by atoms with Gasteiger partial charge in [-0.1, -0.05) is 19.3 Å². The zero-order chi connectivity index (χ0) is 17.3. The van der Waals surface area contributed by atoms with Crippen LogP contribution in [0, 0.1) is 5.92 Å². The average Bonchev–Trinajstić information content (AvgIpc) is 2.50. The van der Waals surface area contributed by atoms with Gasteiger partial charge in [-0.05, 0) is 39.5 Å². The zero-order valence-electron chi connectivity index (χ0n) is 15.3. The molecule has 0 aromatic rings. The second kappa shape index (κ2) is 10.1. The molecule has 136 valence electrons. The molecule has 0 heterocycles. The summed E-state index contributed by atoms with van der Waals surface area (Å²) >= 11 is 0. The summed E-state index contributed by atoms with van der Waals surface area (Å²) in [6, 6.07) is 0.204. The smallest absolute Gasteiger partial charge is 0.407 e. The Kier molecular flexibility index (Phi) is 8.87. The van der Waals surface area contributed by atoms with Gasteiger partial charge in [0.2, 0.25) is 0 Å². The molecule has 0 radical (unpaired) electrons. The van der Waals surface area contributed by atoms with Crippen molar-refractivity contribution in [2.24, 2.45) is 5.92 Å². The fourth-order valence-electron chi connectivity index (χ4n) is 2.96. The minimum atomic E-state index is -0.477. The molecule has 1 aliphatic carbocycles. The van der Waals surface area contributed by atoms with E-state index in [1.165, 1.54) is 32.1 Å². The Bertz CT molecular complexity index is 334. The molecular formula is C17H34N2O4. The standard InChI is InChI=1S/C17H34N2O4/c1-17(2,3)23-16(20)19-11-14(13-9-7-6-8-10-13)18-12-15(21-4)22-5/h13-15,18H,6-12H2,1-5H3,(H,19,20).